The third kappa shape index (κ3) is 3.60. The van der Waals surface area contributed by atoms with Gasteiger partial charge in [-0.15, -0.1) is 6.58 Å². The number of nitrogens with zero attached hydrogens (tertiary/aromatic N) is 1. The summed E-state index contributed by atoms with van der Waals surface area (Å²) in [6.45, 7) is 7.23. The van der Waals surface area contributed by atoms with E-state index in [2.05, 4.69) is 29.4 Å². The molecule has 0 radical (unpaired) electrons. The molecule has 0 bridgehead atoms. The maximum absolute atomic E-state index is 11.2. The number of anilines is 1. The third-order valence-corrected chi connectivity index (χ3v) is 2.87. The molecule has 1 aromatic rings. The van der Waals surface area contributed by atoms with E-state index in [1.54, 1.807) is 12.1 Å². The van der Waals surface area contributed by atoms with Crippen LogP contribution in [0.25, 0.3) is 0 Å². The SMILES string of the molecule is C=CCN(CCC)c1ccc(Br)cc1C(=O)O. The molecule has 0 unspecified atom stereocenters. The van der Waals surface area contributed by atoms with Crippen molar-refractivity contribution in [2.24, 2.45) is 0 Å². The molecule has 1 N–H and O–H groups in total. The van der Waals surface area contributed by atoms with Crippen LogP contribution in [0.2, 0.25) is 0 Å². The lowest BCUT2D eigenvalue weighted by Crippen LogP contribution is -2.26. The molecule has 3 nitrogen and oxygen atoms in total. The second kappa shape index (κ2) is 6.45. The Hall–Kier alpha value is -1.29. The summed E-state index contributed by atoms with van der Waals surface area (Å²) in [6, 6.07) is 5.31. The summed E-state index contributed by atoms with van der Waals surface area (Å²) in [5.74, 6) is -0.911. The minimum atomic E-state index is -0.911. The summed E-state index contributed by atoms with van der Waals surface area (Å²) in [5, 5.41) is 9.20. The van der Waals surface area contributed by atoms with Gasteiger partial charge in [-0.05, 0) is 24.6 Å². The Morgan fingerprint density at radius 3 is 2.82 bits per heavy atom. The van der Waals surface area contributed by atoms with Crippen molar-refractivity contribution in [3.8, 4) is 0 Å². The Balaban J connectivity index is 3.16. The topological polar surface area (TPSA) is 40.5 Å². The maximum atomic E-state index is 11.2. The van der Waals surface area contributed by atoms with Crippen LogP contribution in [0.4, 0.5) is 5.69 Å². The van der Waals surface area contributed by atoms with E-state index < -0.39 is 5.97 Å². The molecule has 0 aliphatic heterocycles. The Kier molecular flexibility index (Phi) is 5.22. The highest BCUT2D eigenvalue weighted by molar-refractivity contribution is 9.10. The van der Waals surface area contributed by atoms with E-state index in [9.17, 15) is 9.90 Å². The second-order valence-electron chi connectivity index (χ2n) is 3.70. The zero-order chi connectivity index (χ0) is 12.8. The summed E-state index contributed by atoms with van der Waals surface area (Å²) in [4.78, 5) is 13.2. The number of halogens is 1. The molecule has 0 saturated carbocycles. The number of carboxylic acid groups (broad SMARTS) is 1. The van der Waals surface area contributed by atoms with Gasteiger partial charge in [0, 0.05) is 17.6 Å². The molecule has 4 heteroatoms. The number of hydrogen-bond donors (Lipinski definition) is 1. The van der Waals surface area contributed by atoms with E-state index in [4.69, 9.17) is 0 Å². The van der Waals surface area contributed by atoms with Gasteiger partial charge in [-0.1, -0.05) is 28.9 Å². The predicted molar refractivity (Wildman–Crippen MR) is 73.8 cm³/mol. The van der Waals surface area contributed by atoms with Gasteiger partial charge in [-0.25, -0.2) is 4.79 Å². The second-order valence-corrected chi connectivity index (χ2v) is 4.62. The van der Waals surface area contributed by atoms with Crippen molar-refractivity contribution >= 4 is 27.6 Å². The van der Waals surface area contributed by atoms with E-state index in [-0.39, 0.29) is 0 Å². The fraction of sp³-hybridized carbons (Fsp3) is 0.308. The number of carboxylic acids is 1. The maximum Gasteiger partial charge on any atom is 0.337 e. The van der Waals surface area contributed by atoms with E-state index in [0.29, 0.717) is 12.1 Å². The Labute approximate surface area is 110 Å². The van der Waals surface area contributed by atoms with Crippen LogP contribution in [0.15, 0.2) is 35.3 Å². The highest BCUT2D eigenvalue weighted by Crippen LogP contribution is 2.25. The first-order chi connectivity index (χ1) is 8.10. The van der Waals surface area contributed by atoms with Gasteiger partial charge < -0.3 is 10.0 Å². The van der Waals surface area contributed by atoms with Gasteiger partial charge in [0.2, 0.25) is 0 Å². The van der Waals surface area contributed by atoms with Gasteiger partial charge in [0.05, 0.1) is 11.3 Å². The average molecular weight is 298 g/mol. The van der Waals surface area contributed by atoms with Crippen molar-refractivity contribution < 1.29 is 9.90 Å². The summed E-state index contributed by atoms with van der Waals surface area (Å²) >= 11 is 3.29. The fourth-order valence-corrected chi connectivity index (χ4v) is 2.05. The lowest BCUT2D eigenvalue weighted by atomic mass is 10.1. The van der Waals surface area contributed by atoms with E-state index in [1.165, 1.54) is 0 Å². The molecule has 0 atom stereocenters. The first-order valence-corrected chi connectivity index (χ1v) is 6.28. The molecule has 0 spiro atoms. The highest BCUT2D eigenvalue weighted by Gasteiger charge is 2.15. The van der Waals surface area contributed by atoms with Crippen molar-refractivity contribution in [3.63, 3.8) is 0 Å². The van der Waals surface area contributed by atoms with Gasteiger partial charge in [0.15, 0.2) is 0 Å². The van der Waals surface area contributed by atoms with E-state index in [1.807, 2.05) is 17.0 Å². The molecular weight excluding hydrogens is 282 g/mol. The van der Waals surface area contributed by atoms with Crippen LogP contribution >= 0.6 is 15.9 Å². The van der Waals surface area contributed by atoms with E-state index in [0.717, 1.165) is 23.1 Å². The normalized spacial score (nSPS) is 10.0. The van der Waals surface area contributed by atoms with Crippen LogP contribution in [0.5, 0.6) is 0 Å². The molecule has 0 fully saturated rings. The van der Waals surface area contributed by atoms with Crippen LogP contribution in [-0.4, -0.2) is 24.2 Å². The van der Waals surface area contributed by atoms with Gasteiger partial charge >= 0.3 is 5.97 Å². The highest BCUT2D eigenvalue weighted by atomic mass is 79.9. The van der Waals surface area contributed by atoms with Crippen molar-refractivity contribution in [2.45, 2.75) is 13.3 Å². The lowest BCUT2D eigenvalue weighted by Gasteiger charge is -2.24. The summed E-state index contributed by atoms with van der Waals surface area (Å²) < 4.78 is 0.772. The monoisotopic (exact) mass is 297 g/mol. The quantitative estimate of drug-likeness (QED) is 0.816. The van der Waals surface area contributed by atoms with Gasteiger partial charge in [-0.2, -0.15) is 0 Å². The van der Waals surface area contributed by atoms with Crippen molar-refractivity contribution in [3.05, 3.63) is 40.9 Å². The van der Waals surface area contributed by atoms with E-state index >= 15 is 0 Å². The predicted octanol–water partition coefficient (Wildman–Crippen LogP) is 3.55. The Bertz CT molecular complexity index is 418. The molecule has 1 aromatic carbocycles. The molecule has 0 aliphatic rings. The molecule has 17 heavy (non-hydrogen) atoms. The standard InChI is InChI=1S/C13H16BrNO2/c1-3-7-15(8-4-2)12-6-5-10(14)9-11(12)13(16)17/h3,5-6,9H,1,4,7-8H2,2H3,(H,16,17). The van der Waals surface area contributed by atoms with Crippen molar-refractivity contribution in [2.75, 3.05) is 18.0 Å². The summed E-state index contributed by atoms with van der Waals surface area (Å²) in [5.41, 5.74) is 1.05. The van der Waals surface area contributed by atoms with Crippen molar-refractivity contribution in [1.82, 2.24) is 0 Å². The molecule has 0 aliphatic carbocycles. The number of hydrogen-bond acceptors (Lipinski definition) is 2. The summed E-state index contributed by atoms with van der Waals surface area (Å²) in [6.07, 6.45) is 2.74. The molecule has 0 saturated heterocycles. The van der Waals surface area contributed by atoms with Crippen LogP contribution in [0, 0.1) is 0 Å². The number of benzene rings is 1. The Morgan fingerprint density at radius 1 is 1.59 bits per heavy atom. The zero-order valence-electron chi connectivity index (χ0n) is 9.82. The number of aromatic carboxylic acids is 1. The largest absolute Gasteiger partial charge is 0.478 e. The lowest BCUT2D eigenvalue weighted by molar-refractivity contribution is 0.0697. The van der Waals surface area contributed by atoms with Gasteiger partial charge in [0.25, 0.3) is 0 Å². The molecule has 0 heterocycles. The van der Waals surface area contributed by atoms with Crippen LogP contribution in [0.1, 0.15) is 23.7 Å². The van der Waals surface area contributed by atoms with Crippen LogP contribution < -0.4 is 4.90 Å². The number of rotatable bonds is 6. The smallest absolute Gasteiger partial charge is 0.337 e. The molecule has 0 amide bonds. The van der Waals surface area contributed by atoms with Gasteiger partial charge in [-0.3, -0.25) is 0 Å². The molecular formula is C13H16BrNO2. The van der Waals surface area contributed by atoms with Gasteiger partial charge in [0.1, 0.15) is 0 Å². The minimum Gasteiger partial charge on any atom is -0.478 e. The summed E-state index contributed by atoms with van der Waals surface area (Å²) in [7, 11) is 0. The molecule has 92 valence electrons. The fourth-order valence-electron chi connectivity index (χ4n) is 1.69. The van der Waals surface area contributed by atoms with Crippen LogP contribution in [-0.2, 0) is 0 Å². The first kappa shape index (κ1) is 13.8. The Morgan fingerprint density at radius 2 is 2.29 bits per heavy atom. The zero-order valence-corrected chi connectivity index (χ0v) is 11.4. The minimum absolute atomic E-state index is 0.315. The van der Waals surface area contributed by atoms with Crippen molar-refractivity contribution in [1.29, 1.82) is 0 Å². The number of carbonyl (C=O) groups is 1. The molecule has 1 rings (SSSR count). The average Bonchev–Trinajstić information content (AvgIpc) is 2.28. The molecule has 0 aromatic heterocycles. The van der Waals surface area contributed by atoms with Crippen LogP contribution in [0.3, 0.4) is 0 Å². The third-order valence-electron chi connectivity index (χ3n) is 2.37. The first-order valence-electron chi connectivity index (χ1n) is 5.48.